The van der Waals surface area contributed by atoms with Gasteiger partial charge in [0.25, 0.3) is 0 Å². The highest BCUT2D eigenvalue weighted by molar-refractivity contribution is 5.28. The molecule has 0 N–H and O–H groups in total. The van der Waals surface area contributed by atoms with Gasteiger partial charge in [-0.15, -0.1) is 0 Å². The highest BCUT2D eigenvalue weighted by atomic mass is 16.5. The van der Waals surface area contributed by atoms with Gasteiger partial charge in [0.15, 0.2) is 0 Å². The molecule has 2 aliphatic rings. The molecule has 0 radical (unpaired) electrons. The van der Waals surface area contributed by atoms with Gasteiger partial charge in [0.1, 0.15) is 5.76 Å². The molecular weight excluding hydrogens is 172 g/mol. The summed E-state index contributed by atoms with van der Waals surface area (Å²) in [5, 5.41) is 0. The third kappa shape index (κ3) is 1.49. The Morgan fingerprint density at radius 1 is 1.43 bits per heavy atom. The molecule has 0 aromatic rings. The molecule has 0 bridgehead atoms. The Balaban J connectivity index is 2.36. The summed E-state index contributed by atoms with van der Waals surface area (Å²) >= 11 is 0. The molecule has 0 spiro atoms. The first-order chi connectivity index (χ1) is 6.50. The maximum Gasteiger partial charge on any atom is 0.106 e. The molecule has 1 heterocycles. The summed E-state index contributed by atoms with van der Waals surface area (Å²) in [6, 6.07) is 0. The van der Waals surface area contributed by atoms with E-state index in [2.05, 4.69) is 33.8 Å². The van der Waals surface area contributed by atoms with Gasteiger partial charge >= 0.3 is 0 Å². The van der Waals surface area contributed by atoms with Gasteiger partial charge in [0.2, 0.25) is 0 Å². The summed E-state index contributed by atoms with van der Waals surface area (Å²) < 4.78 is 5.88. The zero-order chi connectivity index (χ0) is 10.3. The van der Waals surface area contributed by atoms with Gasteiger partial charge in [-0.3, -0.25) is 0 Å². The Morgan fingerprint density at radius 3 is 2.86 bits per heavy atom. The van der Waals surface area contributed by atoms with Crippen molar-refractivity contribution in [2.24, 2.45) is 11.3 Å². The molecule has 0 saturated heterocycles. The lowest BCUT2D eigenvalue weighted by atomic mass is 9.70. The highest BCUT2D eigenvalue weighted by Gasteiger charge is 2.35. The van der Waals surface area contributed by atoms with Gasteiger partial charge in [-0.05, 0) is 43.3 Å². The normalized spacial score (nSPS) is 30.6. The van der Waals surface area contributed by atoms with Gasteiger partial charge in [-0.25, -0.2) is 0 Å². The first kappa shape index (κ1) is 9.82. The standard InChI is InChI=1S/C13H20O/c1-9-7-8-13(3,4)11-6-5-10(2)14-12(9)11/h5,9H,6-8H2,1-4H3. The zero-order valence-corrected chi connectivity index (χ0v) is 9.68. The molecule has 0 fully saturated rings. The van der Waals surface area contributed by atoms with Crippen LogP contribution in [0.5, 0.6) is 0 Å². The van der Waals surface area contributed by atoms with Crippen molar-refractivity contribution in [3.8, 4) is 0 Å². The number of hydrogen-bond donors (Lipinski definition) is 0. The van der Waals surface area contributed by atoms with Crippen LogP contribution in [-0.2, 0) is 4.74 Å². The van der Waals surface area contributed by atoms with Crippen LogP contribution in [0.25, 0.3) is 0 Å². The fourth-order valence-corrected chi connectivity index (χ4v) is 2.49. The maximum atomic E-state index is 5.88. The van der Waals surface area contributed by atoms with Crippen LogP contribution in [0.1, 0.15) is 47.0 Å². The summed E-state index contributed by atoms with van der Waals surface area (Å²) in [6.45, 7) is 9.01. The van der Waals surface area contributed by atoms with Crippen molar-refractivity contribution < 1.29 is 4.74 Å². The second-order valence-electron chi connectivity index (χ2n) is 5.29. The van der Waals surface area contributed by atoms with Gasteiger partial charge in [-0.2, -0.15) is 0 Å². The second kappa shape index (κ2) is 3.15. The van der Waals surface area contributed by atoms with E-state index in [1.807, 2.05) is 0 Å². The first-order valence-corrected chi connectivity index (χ1v) is 5.59. The third-order valence-corrected chi connectivity index (χ3v) is 3.63. The molecule has 0 aromatic heterocycles. The van der Waals surface area contributed by atoms with Crippen LogP contribution in [-0.4, -0.2) is 0 Å². The number of allylic oxidation sites excluding steroid dienone is 4. The number of hydrogen-bond acceptors (Lipinski definition) is 1. The van der Waals surface area contributed by atoms with Crippen molar-refractivity contribution in [3.05, 3.63) is 23.2 Å². The van der Waals surface area contributed by atoms with Crippen LogP contribution in [0.2, 0.25) is 0 Å². The van der Waals surface area contributed by atoms with Crippen LogP contribution in [0.15, 0.2) is 23.2 Å². The van der Waals surface area contributed by atoms with Crippen LogP contribution in [0, 0.1) is 11.3 Å². The quantitative estimate of drug-likeness (QED) is 0.563. The zero-order valence-electron chi connectivity index (χ0n) is 9.68. The largest absolute Gasteiger partial charge is 0.466 e. The predicted molar refractivity (Wildman–Crippen MR) is 58.7 cm³/mol. The molecular formula is C13H20O. The lowest BCUT2D eigenvalue weighted by molar-refractivity contribution is 0.188. The molecule has 1 aliphatic carbocycles. The summed E-state index contributed by atoms with van der Waals surface area (Å²) in [7, 11) is 0. The molecule has 1 nitrogen and oxygen atoms in total. The number of ether oxygens (including phenoxy) is 1. The molecule has 1 unspecified atom stereocenters. The first-order valence-electron chi connectivity index (χ1n) is 5.59. The Bertz CT molecular complexity index is 307. The van der Waals surface area contributed by atoms with Crippen LogP contribution < -0.4 is 0 Å². The van der Waals surface area contributed by atoms with Crippen molar-refractivity contribution in [1.29, 1.82) is 0 Å². The summed E-state index contributed by atoms with van der Waals surface area (Å²) in [6.07, 6.45) is 5.86. The summed E-state index contributed by atoms with van der Waals surface area (Å²) in [5.41, 5.74) is 1.88. The lowest BCUT2D eigenvalue weighted by Crippen LogP contribution is -2.27. The van der Waals surface area contributed by atoms with E-state index < -0.39 is 0 Å². The van der Waals surface area contributed by atoms with E-state index in [1.54, 1.807) is 0 Å². The fraction of sp³-hybridized carbons (Fsp3) is 0.692. The molecule has 0 aromatic carbocycles. The molecule has 14 heavy (non-hydrogen) atoms. The third-order valence-electron chi connectivity index (χ3n) is 3.63. The molecule has 1 heteroatoms. The van der Waals surface area contributed by atoms with E-state index in [1.165, 1.54) is 24.2 Å². The Labute approximate surface area is 86.8 Å². The Kier molecular flexibility index (Phi) is 2.21. The van der Waals surface area contributed by atoms with Gasteiger partial charge < -0.3 is 4.74 Å². The van der Waals surface area contributed by atoms with Gasteiger partial charge in [-0.1, -0.05) is 20.8 Å². The van der Waals surface area contributed by atoms with E-state index in [0.29, 0.717) is 11.3 Å². The van der Waals surface area contributed by atoms with Gasteiger partial charge in [0.05, 0.1) is 5.76 Å². The SMILES string of the molecule is CC1=CCC2=C(O1)C(C)CCC2(C)C. The molecule has 0 amide bonds. The Hall–Kier alpha value is -0.720. The number of rotatable bonds is 0. The minimum Gasteiger partial charge on any atom is -0.466 e. The van der Waals surface area contributed by atoms with Crippen molar-refractivity contribution in [3.63, 3.8) is 0 Å². The van der Waals surface area contributed by atoms with Crippen molar-refractivity contribution in [2.75, 3.05) is 0 Å². The highest BCUT2D eigenvalue weighted by Crippen LogP contribution is 2.46. The molecule has 1 aliphatic heterocycles. The summed E-state index contributed by atoms with van der Waals surface area (Å²) in [4.78, 5) is 0. The average molecular weight is 192 g/mol. The van der Waals surface area contributed by atoms with Crippen LogP contribution >= 0.6 is 0 Å². The van der Waals surface area contributed by atoms with Crippen molar-refractivity contribution >= 4 is 0 Å². The molecule has 1 atom stereocenters. The van der Waals surface area contributed by atoms with Crippen LogP contribution in [0.3, 0.4) is 0 Å². The van der Waals surface area contributed by atoms with Crippen molar-refractivity contribution in [2.45, 2.75) is 47.0 Å². The second-order valence-corrected chi connectivity index (χ2v) is 5.29. The van der Waals surface area contributed by atoms with Gasteiger partial charge in [0, 0.05) is 5.92 Å². The van der Waals surface area contributed by atoms with Crippen molar-refractivity contribution in [1.82, 2.24) is 0 Å². The Morgan fingerprint density at radius 2 is 2.14 bits per heavy atom. The average Bonchev–Trinajstić information content (AvgIpc) is 2.12. The van der Waals surface area contributed by atoms with E-state index in [0.717, 1.165) is 12.2 Å². The minimum absolute atomic E-state index is 0.346. The fourth-order valence-electron chi connectivity index (χ4n) is 2.49. The summed E-state index contributed by atoms with van der Waals surface area (Å²) in [5.74, 6) is 2.95. The molecule has 78 valence electrons. The topological polar surface area (TPSA) is 9.23 Å². The monoisotopic (exact) mass is 192 g/mol. The smallest absolute Gasteiger partial charge is 0.106 e. The lowest BCUT2D eigenvalue weighted by Gasteiger charge is -2.39. The van der Waals surface area contributed by atoms with E-state index in [9.17, 15) is 0 Å². The van der Waals surface area contributed by atoms with E-state index in [4.69, 9.17) is 4.74 Å². The predicted octanol–water partition coefficient (Wildman–Crippen LogP) is 4.02. The molecule has 2 rings (SSSR count). The molecule has 0 saturated carbocycles. The minimum atomic E-state index is 0.346. The maximum absolute atomic E-state index is 5.88. The van der Waals surface area contributed by atoms with E-state index in [-0.39, 0.29) is 0 Å². The van der Waals surface area contributed by atoms with Crippen LogP contribution in [0.4, 0.5) is 0 Å². The van der Waals surface area contributed by atoms with E-state index >= 15 is 0 Å².